The van der Waals surface area contributed by atoms with E-state index in [1.807, 2.05) is 0 Å². The van der Waals surface area contributed by atoms with E-state index < -0.39 is 17.2 Å². The van der Waals surface area contributed by atoms with Gasteiger partial charge < -0.3 is 16.7 Å². The number of aromatic hydroxyl groups is 3. The summed E-state index contributed by atoms with van der Waals surface area (Å²) in [5.41, 5.74) is 0.308. The van der Waals surface area contributed by atoms with Crippen LogP contribution in [0.2, 0.25) is 0 Å². The van der Waals surface area contributed by atoms with Crippen molar-refractivity contribution in [2.75, 3.05) is 0 Å². The molecule has 1 rings (SSSR count). The van der Waals surface area contributed by atoms with Gasteiger partial charge in [-0.2, -0.15) is 0 Å². The van der Waals surface area contributed by atoms with Gasteiger partial charge in [0.1, 0.15) is 5.78 Å². The fraction of sp³-hybridized carbons (Fsp3) is 0.222. The quantitative estimate of drug-likeness (QED) is 0.401. The van der Waals surface area contributed by atoms with Gasteiger partial charge in [-0.05, 0) is 13.0 Å². The smallest absolute Gasteiger partial charge is 1.00 e. The molecule has 4 nitrogen and oxygen atoms in total. The Labute approximate surface area is 125 Å². The molecule has 0 atom stereocenters. The van der Waals surface area contributed by atoms with E-state index in [4.69, 9.17) is 10.2 Å². The van der Waals surface area contributed by atoms with Gasteiger partial charge in [0.2, 0.25) is 5.75 Å². The first-order valence-electron chi connectivity index (χ1n) is 3.74. The van der Waals surface area contributed by atoms with Crippen molar-refractivity contribution in [3.05, 3.63) is 17.7 Å². The zero-order chi connectivity index (χ0) is 10.0. The number of benzene rings is 1. The molecule has 0 aliphatic heterocycles. The fourth-order valence-corrected chi connectivity index (χ4v) is 1.02. The molecule has 0 spiro atoms. The zero-order valence-electron chi connectivity index (χ0n) is 9.11. The maximum absolute atomic E-state index is 10.7. The summed E-state index contributed by atoms with van der Waals surface area (Å²) in [7, 11) is 0. The Balaban J connectivity index is 0. The molecule has 1 aromatic rings. The molecule has 0 radical (unpaired) electrons. The van der Waals surface area contributed by atoms with Gasteiger partial charge in [-0.15, -0.1) is 0 Å². The Morgan fingerprint density at radius 3 is 2.36 bits per heavy atom. The van der Waals surface area contributed by atoms with Gasteiger partial charge in [0.15, 0.2) is 11.5 Å². The molecule has 14 heavy (non-hydrogen) atoms. The van der Waals surface area contributed by atoms with Crippen LogP contribution in [0.1, 0.15) is 13.9 Å². The zero-order valence-corrected chi connectivity index (χ0v) is 11.2. The number of hydrogen-bond donors (Lipinski definition) is 3. The Bertz CT molecular complexity index is 354. The molecule has 1 aromatic carbocycles. The molecule has 0 bridgehead atoms. The van der Waals surface area contributed by atoms with Gasteiger partial charge in [-0.1, -0.05) is 6.07 Å². The maximum atomic E-state index is 10.7. The summed E-state index contributed by atoms with van der Waals surface area (Å²) in [6.07, 6.45) is 0.0413. The van der Waals surface area contributed by atoms with Gasteiger partial charge in [-0.25, -0.2) is 0 Å². The SMILES string of the molecule is CC(=O)Cc1ccc(O)c(O)c1O.[H-].[K+]. The van der Waals surface area contributed by atoms with E-state index in [0.717, 1.165) is 0 Å². The van der Waals surface area contributed by atoms with Crippen LogP contribution in [0, 0.1) is 0 Å². The molecule has 0 aliphatic rings. The third-order valence-corrected chi connectivity index (χ3v) is 1.65. The molecular weight excluding hydrogens is 211 g/mol. The first-order chi connectivity index (χ1) is 6.02. The van der Waals surface area contributed by atoms with Crippen LogP contribution < -0.4 is 51.4 Å². The van der Waals surface area contributed by atoms with Crippen molar-refractivity contribution in [2.45, 2.75) is 13.3 Å². The molecule has 0 fully saturated rings. The second-order valence-corrected chi connectivity index (χ2v) is 2.82. The molecule has 0 saturated heterocycles. The number of rotatable bonds is 2. The molecule has 0 aromatic heterocycles. The fourth-order valence-electron chi connectivity index (χ4n) is 1.02. The first-order valence-corrected chi connectivity index (χ1v) is 3.74. The number of phenolic OH excluding ortho intramolecular Hbond substituents is 3. The van der Waals surface area contributed by atoms with Crippen molar-refractivity contribution < 1.29 is 72.9 Å². The summed E-state index contributed by atoms with van der Waals surface area (Å²) in [4.78, 5) is 10.7. The topological polar surface area (TPSA) is 77.8 Å². The van der Waals surface area contributed by atoms with Gasteiger partial charge in [0, 0.05) is 12.0 Å². The predicted molar refractivity (Wildman–Crippen MR) is 46.9 cm³/mol. The van der Waals surface area contributed by atoms with E-state index in [1.54, 1.807) is 0 Å². The minimum absolute atomic E-state index is 0. The predicted octanol–water partition coefficient (Wildman–Crippen LogP) is -1.95. The van der Waals surface area contributed by atoms with Crippen LogP contribution in [0.25, 0.3) is 0 Å². The largest absolute Gasteiger partial charge is 1.00 e. The first kappa shape index (κ1) is 13.9. The van der Waals surface area contributed by atoms with E-state index in [2.05, 4.69) is 0 Å². The molecule has 0 amide bonds. The summed E-state index contributed by atoms with van der Waals surface area (Å²) in [6.45, 7) is 1.38. The summed E-state index contributed by atoms with van der Waals surface area (Å²) >= 11 is 0. The monoisotopic (exact) mass is 222 g/mol. The van der Waals surface area contributed by atoms with E-state index in [0.29, 0.717) is 5.56 Å². The number of carbonyl (C=O) groups is 1. The van der Waals surface area contributed by atoms with E-state index in [9.17, 15) is 9.90 Å². The Kier molecular flexibility index (Phi) is 5.69. The molecule has 0 heterocycles. The Morgan fingerprint density at radius 2 is 1.86 bits per heavy atom. The minimum Gasteiger partial charge on any atom is -1.00 e. The number of carbonyl (C=O) groups excluding carboxylic acids is 1. The van der Waals surface area contributed by atoms with Crippen molar-refractivity contribution in [2.24, 2.45) is 0 Å². The van der Waals surface area contributed by atoms with Gasteiger partial charge in [0.25, 0.3) is 0 Å². The summed E-state index contributed by atoms with van der Waals surface area (Å²) in [5, 5.41) is 27.3. The normalized spacial score (nSPS) is 9.21. The van der Waals surface area contributed by atoms with Crippen LogP contribution in [-0.2, 0) is 11.2 Å². The molecule has 3 N–H and O–H groups in total. The van der Waals surface area contributed by atoms with Crippen molar-refractivity contribution in [3.63, 3.8) is 0 Å². The third kappa shape index (κ3) is 3.25. The van der Waals surface area contributed by atoms with Gasteiger partial charge in [-0.3, -0.25) is 4.79 Å². The van der Waals surface area contributed by atoms with Crippen molar-refractivity contribution in [1.82, 2.24) is 0 Å². The molecular formula is C9H11KO4. The van der Waals surface area contributed by atoms with Crippen molar-refractivity contribution >= 4 is 5.78 Å². The Hall–Kier alpha value is -0.0736. The van der Waals surface area contributed by atoms with Gasteiger partial charge in [0.05, 0.1) is 0 Å². The van der Waals surface area contributed by atoms with Crippen LogP contribution in [-0.4, -0.2) is 21.1 Å². The number of hydrogen-bond acceptors (Lipinski definition) is 4. The molecule has 0 saturated carbocycles. The average Bonchev–Trinajstić information content (AvgIpc) is 2.06. The van der Waals surface area contributed by atoms with Crippen LogP contribution in [0.5, 0.6) is 17.2 Å². The molecule has 0 unspecified atom stereocenters. The summed E-state index contributed by atoms with van der Waals surface area (Å²) in [6, 6.07) is 2.62. The average molecular weight is 222 g/mol. The number of phenols is 3. The van der Waals surface area contributed by atoms with E-state index in [-0.39, 0.29) is 65.0 Å². The molecule has 0 aliphatic carbocycles. The van der Waals surface area contributed by atoms with Crippen LogP contribution in [0.15, 0.2) is 12.1 Å². The van der Waals surface area contributed by atoms with Crippen molar-refractivity contribution in [1.29, 1.82) is 0 Å². The maximum Gasteiger partial charge on any atom is 1.00 e. The second kappa shape index (κ2) is 5.72. The summed E-state index contributed by atoms with van der Waals surface area (Å²) in [5.74, 6) is -1.54. The van der Waals surface area contributed by atoms with Crippen molar-refractivity contribution in [3.8, 4) is 17.2 Å². The third-order valence-electron chi connectivity index (χ3n) is 1.65. The standard InChI is InChI=1S/C9H10O4.K.H/c1-5(10)4-6-2-3-7(11)9(13)8(6)12;;/h2-3,11-13H,4H2,1H3;;/q;+1;-1. The van der Waals surface area contributed by atoms with E-state index >= 15 is 0 Å². The van der Waals surface area contributed by atoms with Gasteiger partial charge >= 0.3 is 51.4 Å². The molecule has 72 valence electrons. The molecule has 5 heteroatoms. The number of ketones is 1. The van der Waals surface area contributed by atoms with Crippen LogP contribution >= 0.6 is 0 Å². The van der Waals surface area contributed by atoms with Crippen LogP contribution in [0.3, 0.4) is 0 Å². The second-order valence-electron chi connectivity index (χ2n) is 2.82. The summed E-state index contributed by atoms with van der Waals surface area (Å²) < 4.78 is 0. The number of Topliss-reactive ketones (excluding diaryl/α,β-unsaturated/α-hetero) is 1. The minimum atomic E-state index is -0.584. The van der Waals surface area contributed by atoms with Crippen LogP contribution in [0.4, 0.5) is 0 Å². The Morgan fingerprint density at radius 1 is 1.29 bits per heavy atom. The van der Waals surface area contributed by atoms with E-state index in [1.165, 1.54) is 19.1 Å².